The van der Waals surface area contributed by atoms with Gasteiger partial charge in [0.1, 0.15) is 11.9 Å². The molecule has 1 aromatic heterocycles. The number of fused-ring (bicyclic) bond motifs is 1. The van der Waals surface area contributed by atoms with E-state index in [1.54, 1.807) is 0 Å². The highest BCUT2D eigenvalue weighted by atomic mass is 35.5. The van der Waals surface area contributed by atoms with E-state index in [4.69, 9.17) is 26.3 Å². The van der Waals surface area contributed by atoms with Crippen LogP contribution < -0.4 is 15.5 Å². The smallest absolute Gasteiger partial charge is 0.286 e. The summed E-state index contributed by atoms with van der Waals surface area (Å²) in [5, 5.41) is 8.40. The second-order valence-electron chi connectivity index (χ2n) is 9.41. The number of carbonyl (C=O) groups excluding carboxylic acids is 1. The Labute approximate surface area is 210 Å². The van der Waals surface area contributed by atoms with Crippen LogP contribution in [0.25, 0.3) is 10.9 Å². The maximum Gasteiger partial charge on any atom is 0.286 e. The Morgan fingerprint density at radius 3 is 2.46 bits per heavy atom. The average molecular weight is 492 g/mol. The quantitative estimate of drug-likeness (QED) is 0.491. The summed E-state index contributed by atoms with van der Waals surface area (Å²) in [5.41, 5.74) is 1.95. The normalized spacial score (nSPS) is 21.8. The molecule has 182 valence electrons. The van der Waals surface area contributed by atoms with E-state index in [2.05, 4.69) is 10.6 Å². The first-order valence-corrected chi connectivity index (χ1v) is 12.5. The van der Waals surface area contributed by atoms with E-state index in [1.165, 1.54) is 0 Å². The van der Waals surface area contributed by atoms with Crippen molar-refractivity contribution in [3.8, 4) is 0 Å². The van der Waals surface area contributed by atoms with Gasteiger partial charge in [0.2, 0.25) is 5.95 Å². The van der Waals surface area contributed by atoms with Crippen LogP contribution in [0.5, 0.6) is 0 Å². The van der Waals surface area contributed by atoms with E-state index in [0.29, 0.717) is 23.2 Å². The molecule has 0 spiro atoms. The minimum atomic E-state index is -0.137. The first-order chi connectivity index (χ1) is 17.0. The van der Waals surface area contributed by atoms with Crippen LogP contribution in [0.4, 0.5) is 11.8 Å². The van der Waals surface area contributed by atoms with Crippen molar-refractivity contribution in [2.24, 2.45) is 0 Å². The minimum Gasteiger partial charge on any atom is -0.480 e. The predicted molar refractivity (Wildman–Crippen MR) is 140 cm³/mol. The second-order valence-corrected chi connectivity index (χ2v) is 9.85. The van der Waals surface area contributed by atoms with Gasteiger partial charge in [-0.05, 0) is 61.6 Å². The molecule has 1 aliphatic heterocycles. The van der Waals surface area contributed by atoms with Gasteiger partial charge in [0.15, 0.2) is 5.76 Å². The first-order valence-electron chi connectivity index (χ1n) is 12.1. The Hall–Kier alpha value is -3.32. The number of para-hydroxylation sites is 1. The third-order valence-electron chi connectivity index (χ3n) is 6.65. The van der Waals surface area contributed by atoms with Gasteiger partial charge in [0, 0.05) is 43.0 Å². The molecule has 0 saturated heterocycles. The highest BCUT2D eigenvalue weighted by Crippen LogP contribution is 2.32. The lowest BCUT2D eigenvalue weighted by Crippen LogP contribution is -2.41. The summed E-state index contributed by atoms with van der Waals surface area (Å²) in [6, 6.07) is 16.0. The number of nitrogens with zero attached hydrogens (tertiary/aromatic N) is 3. The Morgan fingerprint density at radius 2 is 1.71 bits per heavy atom. The monoisotopic (exact) mass is 491 g/mol. The van der Waals surface area contributed by atoms with Gasteiger partial charge < -0.3 is 20.3 Å². The summed E-state index contributed by atoms with van der Waals surface area (Å²) in [4.78, 5) is 24.3. The van der Waals surface area contributed by atoms with E-state index in [0.717, 1.165) is 48.0 Å². The van der Waals surface area contributed by atoms with Crippen molar-refractivity contribution >= 4 is 40.2 Å². The van der Waals surface area contributed by atoms with Crippen molar-refractivity contribution in [2.75, 3.05) is 24.3 Å². The molecule has 35 heavy (non-hydrogen) atoms. The van der Waals surface area contributed by atoms with Gasteiger partial charge in [-0.2, -0.15) is 4.98 Å². The van der Waals surface area contributed by atoms with Gasteiger partial charge in [-0.1, -0.05) is 35.9 Å². The van der Waals surface area contributed by atoms with Crippen molar-refractivity contribution in [2.45, 2.75) is 50.3 Å². The molecule has 1 saturated carbocycles. The number of benzene rings is 2. The third-order valence-corrected chi connectivity index (χ3v) is 6.91. The molecule has 1 fully saturated rings. The van der Waals surface area contributed by atoms with Crippen LogP contribution in [0.1, 0.15) is 43.8 Å². The zero-order valence-corrected chi connectivity index (χ0v) is 20.8. The molecule has 1 aliphatic carbocycles. The van der Waals surface area contributed by atoms with E-state index < -0.39 is 0 Å². The summed E-state index contributed by atoms with van der Waals surface area (Å²) in [6.45, 7) is 0. The number of carbonyl (C=O) groups is 1. The van der Waals surface area contributed by atoms with Crippen LogP contribution in [0.3, 0.4) is 0 Å². The molecular weight excluding hydrogens is 462 g/mol. The molecule has 0 radical (unpaired) electrons. The van der Waals surface area contributed by atoms with Crippen LogP contribution in [-0.4, -0.2) is 42.1 Å². The fourth-order valence-electron chi connectivity index (χ4n) is 4.78. The SMILES string of the molecule is CN(C)c1nc(N[C@H]2CC[C@@H](NC(=O)C3=CCC(c4ccc(Cl)cc4)O3)CC2)nc2ccccc12. The molecule has 8 heteroatoms. The number of nitrogens with one attached hydrogen (secondary N) is 2. The average Bonchev–Trinajstić information content (AvgIpc) is 3.36. The molecule has 1 unspecified atom stereocenters. The molecule has 7 nitrogen and oxygen atoms in total. The van der Waals surface area contributed by atoms with Crippen molar-refractivity contribution in [1.29, 1.82) is 0 Å². The maximum absolute atomic E-state index is 12.8. The molecule has 0 bridgehead atoms. The lowest BCUT2D eigenvalue weighted by molar-refractivity contribution is -0.122. The van der Waals surface area contributed by atoms with Crippen LogP contribution in [-0.2, 0) is 9.53 Å². The van der Waals surface area contributed by atoms with Crippen molar-refractivity contribution in [3.63, 3.8) is 0 Å². The van der Waals surface area contributed by atoms with Crippen LogP contribution in [0, 0.1) is 0 Å². The Kier molecular flexibility index (Phi) is 6.77. The highest BCUT2D eigenvalue weighted by Gasteiger charge is 2.28. The number of ether oxygens (including phenoxy) is 1. The molecule has 2 N–H and O–H groups in total. The van der Waals surface area contributed by atoms with Crippen LogP contribution in [0.15, 0.2) is 60.4 Å². The molecule has 2 heterocycles. The van der Waals surface area contributed by atoms with Gasteiger partial charge >= 0.3 is 0 Å². The van der Waals surface area contributed by atoms with E-state index in [1.807, 2.05) is 73.6 Å². The third kappa shape index (κ3) is 5.35. The van der Waals surface area contributed by atoms with Crippen molar-refractivity contribution in [3.05, 3.63) is 71.0 Å². The molecule has 2 aliphatic rings. The first kappa shape index (κ1) is 23.4. The largest absolute Gasteiger partial charge is 0.480 e. The summed E-state index contributed by atoms with van der Waals surface area (Å²) in [6.07, 6.45) is 6.08. The number of anilines is 2. The van der Waals surface area contributed by atoms with E-state index >= 15 is 0 Å². The number of hydrogen-bond acceptors (Lipinski definition) is 6. The van der Waals surface area contributed by atoms with Gasteiger partial charge in [-0.3, -0.25) is 4.79 Å². The summed E-state index contributed by atoms with van der Waals surface area (Å²) in [5.74, 6) is 1.83. The molecule has 1 amide bonds. The Bertz CT molecular complexity index is 1240. The Morgan fingerprint density at radius 1 is 1.00 bits per heavy atom. The minimum absolute atomic E-state index is 0.133. The standard InChI is InChI=1S/C27H30ClN5O2/c1-33(2)25-21-5-3-4-6-22(21)31-27(32-25)30-20-13-11-19(12-14-20)29-26(34)24-16-15-23(35-24)17-7-9-18(28)10-8-17/h3-10,16,19-20,23H,11-15H2,1-2H3,(H,29,34)(H,30,31,32)/t19-,20+,23?. The lowest BCUT2D eigenvalue weighted by atomic mass is 9.91. The number of aromatic nitrogens is 2. The van der Waals surface area contributed by atoms with E-state index in [9.17, 15) is 4.79 Å². The number of rotatable bonds is 6. The van der Waals surface area contributed by atoms with Crippen molar-refractivity contribution in [1.82, 2.24) is 15.3 Å². The van der Waals surface area contributed by atoms with Gasteiger partial charge in [0.05, 0.1) is 5.52 Å². The van der Waals surface area contributed by atoms with Gasteiger partial charge in [0.25, 0.3) is 5.91 Å². The fraction of sp³-hybridized carbons (Fsp3) is 0.370. The van der Waals surface area contributed by atoms with Gasteiger partial charge in [-0.25, -0.2) is 4.98 Å². The molecule has 2 aromatic carbocycles. The van der Waals surface area contributed by atoms with Crippen molar-refractivity contribution < 1.29 is 9.53 Å². The lowest BCUT2D eigenvalue weighted by Gasteiger charge is -2.30. The fourth-order valence-corrected chi connectivity index (χ4v) is 4.90. The second kappa shape index (κ2) is 10.1. The molecule has 3 aromatic rings. The van der Waals surface area contributed by atoms with Gasteiger partial charge in [-0.15, -0.1) is 0 Å². The number of hydrogen-bond donors (Lipinski definition) is 2. The predicted octanol–water partition coefficient (Wildman–Crippen LogP) is 5.23. The summed E-state index contributed by atoms with van der Waals surface area (Å²) >= 11 is 5.97. The summed E-state index contributed by atoms with van der Waals surface area (Å²) in [7, 11) is 3.99. The molecule has 5 rings (SSSR count). The molecular formula is C27H30ClN5O2. The summed E-state index contributed by atoms with van der Waals surface area (Å²) < 4.78 is 5.93. The Balaban J connectivity index is 1.13. The zero-order chi connectivity index (χ0) is 24.4. The van der Waals surface area contributed by atoms with E-state index in [-0.39, 0.29) is 24.1 Å². The van der Waals surface area contributed by atoms with Crippen LogP contribution in [0.2, 0.25) is 5.02 Å². The number of halogens is 1. The molecule has 1 atom stereocenters. The maximum atomic E-state index is 12.8. The zero-order valence-electron chi connectivity index (χ0n) is 20.0. The number of amides is 1. The highest BCUT2D eigenvalue weighted by molar-refractivity contribution is 6.30. The van der Waals surface area contributed by atoms with Crippen LogP contribution >= 0.6 is 11.6 Å². The topological polar surface area (TPSA) is 79.4 Å².